The van der Waals surface area contributed by atoms with Crippen LogP contribution in [0.5, 0.6) is 0 Å². The quantitative estimate of drug-likeness (QED) is 0.730. The Hall–Kier alpha value is -2.52. The Balaban J connectivity index is 1.97. The van der Waals surface area contributed by atoms with Crippen LogP contribution in [-0.4, -0.2) is 53.7 Å². The van der Waals surface area contributed by atoms with Gasteiger partial charge in [-0.1, -0.05) is 6.92 Å². The number of likely N-dealkylation sites (N-methyl/N-ethyl adjacent to an activating group) is 1. The summed E-state index contributed by atoms with van der Waals surface area (Å²) in [7, 11) is 0. The molecule has 2 fully saturated rings. The second-order valence-electron chi connectivity index (χ2n) is 7.52. The molecule has 0 spiro atoms. The van der Waals surface area contributed by atoms with Crippen molar-refractivity contribution in [1.29, 1.82) is 0 Å². The van der Waals surface area contributed by atoms with Crippen LogP contribution in [-0.2, 0) is 5.54 Å². The molecule has 0 atom stereocenters. The molecule has 2 aliphatic rings. The number of anilines is 1. The third-order valence-corrected chi connectivity index (χ3v) is 5.84. The first-order valence-corrected chi connectivity index (χ1v) is 9.34. The summed E-state index contributed by atoms with van der Waals surface area (Å²) in [5.74, 6) is -3.21. The van der Waals surface area contributed by atoms with Crippen molar-refractivity contribution in [2.45, 2.75) is 25.3 Å². The number of piperazine rings is 1. The number of aromatic nitrogens is 1. The van der Waals surface area contributed by atoms with Crippen molar-refractivity contribution in [3.05, 3.63) is 39.2 Å². The lowest BCUT2D eigenvalue weighted by atomic mass is 9.95. The predicted octanol–water partition coefficient (Wildman–Crippen LogP) is 1.59. The number of aromatic carboxylic acids is 1. The maximum atomic E-state index is 15.6. The van der Waals surface area contributed by atoms with Gasteiger partial charge in [-0.3, -0.25) is 4.79 Å². The van der Waals surface area contributed by atoms with E-state index in [1.807, 2.05) is 6.92 Å². The van der Waals surface area contributed by atoms with E-state index in [4.69, 9.17) is 5.73 Å². The Labute approximate surface area is 159 Å². The minimum Gasteiger partial charge on any atom is -0.477 e. The van der Waals surface area contributed by atoms with Gasteiger partial charge in [-0.25, -0.2) is 13.6 Å². The smallest absolute Gasteiger partial charge is 0.341 e. The zero-order valence-electron chi connectivity index (χ0n) is 15.5. The van der Waals surface area contributed by atoms with E-state index in [-0.39, 0.29) is 22.2 Å². The number of hydrogen-bond acceptors (Lipinski definition) is 5. The molecule has 150 valence electrons. The summed E-state index contributed by atoms with van der Waals surface area (Å²) < 4.78 is 30.9. The molecule has 0 amide bonds. The number of hydrogen-bond donors (Lipinski definition) is 3. The van der Waals surface area contributed by atoms with Crippen molar-refractivity contribution in [1.82, 2.24) is 9.88 Å². The van der Waals surface area contributed by atoms with E-state index in [0.717, 1.165) is 12.7 Å². The van der Waals surface area contributed by atoms with Gasteiger partial charge in [0, 0.05) is 43.5 Å². The lowest BCUT2D eigenvalue weighted by molar-refractivity contribution is 0.0695. The zero-order valence-corrected chi connectivity index (χ0v) is 15.5. The monoisotopic (exact) mass is 392 g/mol. The second kappa shape index (κ2) is 6.52. The largest absolute Gasteiger partial charge is 0.477 e. The highest BCUT2D eigenvalue weighted by Gasteiger charge is 2.46. The fourth-order valence-electron chi connectivity index (χ4n) is 3.96. The zero-order chi connectivity index (χ0) is 20.2. The minimum atomic E-state index is -1.46. The van der Waals surface area contributed by atoms with E-state index in [1.165, 1.54) is 0 Å². The van der Waals surface area contributed by atoms with Crippen LogP contribution in [0.3, 0.4) is 0 Å². The van der Waals surface area contributed by atoms with E-state index in [9.17, 15) is 14.7 Å². The molecule has 7 nitrogen and oxygen atoms in total. The average molecular weight is 392 g/mol. The van der Waals surface area contributed by atoms with Crippen LogP contribution in [0.15, 0.2) is 11.0 Å². The van der Waals surface area contributed by atoms with E-state index in [1.54, 1.807) is 4.90 Å². The van der Waals surface area contributed by atoms with Crippen LogP contribution < -0.4 is 16.1 Å². The summed E-state index contributed by atoms with van der Waals surface area (Å²) in [6, 6.07) is 0. The van der Waals surface area contributed by atoms with E-state index < -0.39 is 34.1 Å². The topological polar surface area (TPSA) is 103 Å². The summed E-state index contributed by atoms with van der Waals surface area (Å²) in [5, 5.41) is 8.93. The van der Waals surface area contributed by atoms with E-state index >= 15 is 8.78 Å². The van der Waals surface area contributed by atoms with Crippen molar-refractivity contribution < 1.29 is 18.7 Å². The Morgan fingerprint density at radius 3 is 2.43 bits per heavy atom. The SMILES string of the molecule is CCN1CCN(c2c(F)c(C3(N)CC3)c3c(=O)c(C(=O)O)c[nH]c3c2F)CC1. The van der Waals surface area contributed by atoms with Gasteiger partial charge in [0.1, 0.15) is 11.3 Å². The molecule has 0 unspecified atom stereocenters. The number of aromatic amines is 1. The van der Waals surface area contributed by atoms with Gasteiger partial charge in [0.25, 0.3) is 0 Å². The van der Waals surface area contributed by atoms with Crippen LogP contribution in [0.25, 0.3) is 10.9 Å². The Morgan fingerprint density at radius 1 is 1.25 bits per heavy atom. The predicted molar refractivity (Wildman–Crippen MR) is 101 cm³/mol. The number of carboxylic acid groups (broad SMARTS) is 1. The van der Waals surface area contributed by atoms with E-state index in [0.29, 0.717) is 39.0 Å². The van der Waals surface area contributed by atoms with Crippen molar-refractivity contribution in [2.75, 3.05) is 37.6 Å². The number of nitrogens with zero attached hydrogens (tertiary/aromatic N) is 2. The van der Waals surface area contributed by atoms with Gasteiger partial charge in [-0.2, -0.15) is 0 Å². The molecule has 9 heteroatoms. The highest BCUT2D eigenvalue weighted by atomic mass is 19.1. The molecule has 1 saturated heterocycles. The third kappa shape index (κ3) is 2.77. The second-order valence-corrected chi connectivity index (χ2v) is 7.52. The molecule has 1 aliphatic carbocycles. The number of halogens is 2. The lowest BCUT2D eigenvalue weighted by Gasteiger charge is -2.36. The van der Waals surface area contributed by atoms with Gasteiger partial charge in [-0.15, -0.1) is 0 Å². The number of rotatable bonds is 4. The van der Waals surface area contributed by atoms with E-state index in [2.05, 4.69) is 9.88 Å². The number of pyridine rings is 1. The lowest BCUT2D eigenvalue weighted by Crippen LogP contribution is -2.47. The summed E-state index contributed by atoms with van der Waals surface area (Å²) >= 11 is 0. The standard InChI is InChI=1S/C19H22F2N4O3/c1-2-24-5-7-25(8-6-24)16-13(20)12(19(22)3-4-19)11-15(14(16)21)23-9-10(17(11)26)18(27)28/h9H,2-8,22H2,1H3,(H,23,26)(H,27,28). The van der Waals surface area contributed by atoms with Gasteiger partial charge < -0.3 is 25.6 Å². The van der Waals surface area contributed by atoms with Crippen LogP contribution in [0, 0.1) is 11.6 Å². The number of nitrogens with one attached hydrogen (secondary N) is 1. The highest BCUT2D eigenvalue weighted by Crippen LogP contribution is 2.48. The highest BCUT2D eigenvalue weighted by molar-refractivity contribution is 5.95. The first-order chi connectivity index (χ1) is 13.3. The summed E-state index contributed by atoms with van der Waals surface area (Å²) in [6.45, 7) is 5.12. The number of fused-ring (bicyclic) bond motifs is 1. The fourth-order valence-corrected chi connectivity index (χ4v) is 3.96. The van der Waals surface area contributed by atoms with Gasteiger partial charge in [0.15, 0.2) is 11.6 Å². The molecule has 4 N–H and O–H groups in total. The first-order valence-electron chi connectivity index (χ1n) is 9.34. The summed E-state index contributed by atoms with van der Waals surface area (Å²) in [6.07, 6.45) is 1.85. The van der Waals surface area contributed by atoms with Crippen LogP contribution in [0.1, 0.15) is 35.7 Å². The molecular weight excluding hydrogens is 370 g/mol. The molecule has 2 heterocycles. The number of benzene rings is 1. The number of nitrogens with two attached hydrogens (primary N) is 1. The van der Waals surface area contributed by atoms with Gasteiger partial charge in [-0.05, 0) is 19.4 Å². The first kappa shape index (κ1) is 18.8. The third-order valence-electron chi connectivity index (χ3n) is 5.84. The minimum absolute atomic E-state index is 0.0822. The number of H-pyrrole nitrogens is 1. The van der Waals surface area contributed by atoms with Crippen LogP contribution in [0.2, 0.25) is 0 Å². The Kier molecular flexibility index (Phi) is 4.39. The van der Waals surface area contributed by atoms with Crippen molar-refractivity contribution in [3.8, 4) is 0 Å². The van der Waals surface area contributed by atoms with Gasteiger partial charge in [0.05, 0.1) is 10.9 Å². The van der Waals surface area contributed by atoms with Crippen molar-refractivity contribution >= 4 is 22.6 Å². The average Bonchev–Trinajstić information content (AvgIpc) is 3.41. The molecule has 1 aromatic heterocycles. The molecule has 1 aromatic carbocycles. The normalized spacial score (nSPS) is 19.2. The maximum Gasteiger partial charge on any atom is 0.341 e. The van der Waals surface area contributed by atoms with Gasteiger partial charge in [0.2, 0.25) is 5.43 Å². The van der Waals surface area contributed by atoms with Crippen molar-refractivity contribution in [2.24, 2.45) is 5.73 Å². The Morgan fingerprint density at radius 2 is 1.89 bits per heavy atom. The number of carboxylic acids is 1. The van der Waals surface area contributed by atoms with Crippen LogP contribution >= 0.6 is 0 Å². The molecule has 1 aliphatic heterocycles. The van der Waals surface area contributed by atoms with Crippen molar-refractivity contribution in [3.63, 3.8) is 0 Å². The number of carbonyl (C=O) groups is 1. The molecule has 4 rings (SSSR count). The molecular formula is C19H22F2N4O3. The fraction of sp³-hybridized carbons (Fsp3) is 0.474. The molecule has 1 saturated carbocycles. The molecule has 0 radical (unpaired) electrons. The Bertz CT molecular complexity index is 1020. The summed E-state index contributed by atoms with van der Waals surface area (Å²) in [5.41, 5.74) is 3.18. The molecule has 2 aromatic rings. The van der Waals surface area contributed by atoms with Gasteiger partial charge >= 0.3 is 5.97 Å². The maximum absolute atomic E-state index is 15.6. The van der Waals surface area contributed by atoms with Crippen LogP contribution in [0.4, 0.5) is 14.5 Å². The summed E-state index contributed by atoms with van der Waals surface area (Å²) in [4.78, 5) is 30.4. The molecule has 0 bridgehead atoms. The molecule has 28 heavy (non-hydrogen) atoms.